The smallest absolute Gasteiger partial charge is 0.131 e. The lowest BCUT2D eigenvalue weighted by Gasteiger charge is -1.88. The van der Waals surface area contributed by atoms with Crippen LogP contribution >= 0.6 is 0 Å². The van der Waals surface area contributed by atoms with E-state index in [1.165, 1.54) is 19.4 Å². The van der Waals surface area contributed by atoms with Crippen molar-refractivity contribution in [3.8, 4) is 0 Å². The Morgan fingerprint density at radius 1 is 1.58 bits per heavy atom. The first-order valence-corrected chi connectivity index (χ1v) is 4.11. The molecule has 12 heavy (non-hydrogen) atoms. The first-order valence-electron chi connectivity index (χ1n) is 4.11. The van der Waals surface area contributed by atoms with E-state index in [0.717, 1.165) is 6.42 Å². The molecule has 0 aromatic carbocycles. The van der Waals surface area contributed by atoms with Crippen LogP contribution in [0.2, 0.25) is 0 Å². The van der Waals surface area contributed by atoms with Gasteiger partial charge in [-0.15, -0.1) is 6.58 Å². The molecule has 0 aliphatic heterocycles. The van der Waals surface area contributed by atoms with Gasteiger partial charge in [0, 0.05) is 0 Å². The van der Waals surface area contributed by atoms with E-state index in [1.54, 1.807) is 6.92 Å². The van der Waals surface area contributed by atoms with E-state index in [0.29, 0.717) is 0 Å². The van der Waals surface area contributed by atoms with Crippen molar-refractivity contribution in [3.05, 3.63) is 24.5 Å². The maximum atomic E-state index is 8.57. The molecular weight excluding hydrogens is 150 g/mol. The van der Waals surface area contributed by atoms with Crippen molar-refractivity contribution in [1.82, 2.24) is 0 Å². The van der Waals surface area contributed by atoms with Crippen molar-refractivity contribution in [1.29, 1.82) is 5.41 Å². The topological polar surface area (TPSA) is 44.1 Å². The third-order valence-corrected chi connectivity index (χ3v) is 1.15. The highest BCUT2D eigenvalue weighted by molar-refractivity contribution is 5.93. The Balaban J connectivity index is 0. The maximum absolute atomic E-state index is 8.57. The van der Waals surface area contributed by atoms with E-state index in [2.05, 4.69) is 13.5 Å². The number of hydrogen-bond donors (Lipinski definition) is 2. The molecule has 0 amide bonds. The Hall–Kier alpha value is -1.05. The largest absolute Gasteiger partial charge is 0.506 e. The second kappa shape index (κ2) is 9.95. The van der Waals surface area contributed by atoms with Crippen LogP contribution < -0.4 is 0 Å². The number of nitrogens with one attached hydrogen (secondary N) is 1. The van der Waals surface area contributed by atoms with Crippen LogP contribution in [0.4, 0.5) is 0 Å². The van der Waals surface area contributed by atoms with E-state index in [-0.39, 0.29) is 11.5 Å². The van der Waals surface area contributed by atoms with Gasteiger partial charge in [0.2, 0.25) is 0 Å². The molecule has 70 valence electrons. The van der Waals surface area contributed by atoms with Gasteiger partial charge in [0.05, 0.1) is 5.71 Å². The lowest BCUT2D eigenvalue weighted by Crippen LogP contribution is -1.91. The summed E-state index contributed by atoms with van der Waals surface area (Å²) in [7, 11) is 0. The molecule has 0 aliphatic carbocycles. The van der Waals surface area contributed by atoms with Crippen LogP contribution in [-0.2, 0) is 0 Å². The van der Waals surface area contributed by atoms with Crippen LogP contribution in [0.5, 0.6) is 0 Å². The molecule has 0 unspecified atom stereocenters. The minimum Gasteiger partial charge on any atom is -0.506 e. The summed E-state index contributed by atoms with van der Waals surface area (Å²) in [6.07, 6.45) is 5.80. The first kappa shape index (κ1) is 13.5. The van der Waals surface area contributed by atoms with Gasteiger partial charge in [-0.2, -0.15) is 0 Å². The fourth-order valence-corrected chi connectivity index (χ4v) is 0.421. The lowest BCUT2D eigenvalue weighted by molar-refractivity contribution is 0.441. The summed E-state index contributed by atoms with van der Waals surface area (Å²) in [5.74, 6) is 0.0556. The first-order chi connectivity index (χ1) is 5.59. The van der Waals surface area contributed by atoms with Crippen molar-refractivity contribution >= 4 is 5.71 Å². The SMILES string of the molecule is C/C=C(/O)C(C)=N.C=CCCC. The molecule has 0 saturated heterocycles. The monoisotopic (exact) mass is 169 g/mol. The van der Waals surface area contributed by atoms with Crippen LogP contribution in [0.3, 0.4) is 0 Å². The summed E-state index contributed by atoms with van der Waals surface area (Å²) >= 11 is 0. The Labute approximate surface area is 75.1 Å². The number of hydrogen-bond acceptors (Lipinski definition) is 2. The summed E-state index contributed by atoms with van der Waals surface area (Å²) in [4.78, 5) is 0. The van der Waals surface area contributed by atoms with E-state index in [9.17, 15) is 0 Å². The molecular formula is C10H19NO. The summed E-state index contributed by atoms with van der Waals surface area (Å²) in [6, 6.07) is 0. The molecule has 2 N–H and O–H groups in total. The Morgan fingerprint density at radius 3 is 2.08 bits per heavy atom. The van der Waals surface area contributed by atoms with Crippen molar-refractivity contribution in [2.75, 3.05) is 0 Å². The standard InChI is InChI=1S/C5H9NO.C5H10/c1-3-5(7)4(2)6;1-3-5-4-2/h3,6-7H,1-2H3;3H,1,4-5H2,2H3/b5-3+,6-4?;. The maximum Gasteiger partial charge on any atom is 0.131 e. The van der Waals surface area contributed by atoms with Crippen molar-refractivity contribution < 1.29 is 5.11 Å². The average molecular weight is 169 g/mol. The Bertz CT molecular complexity index is 159. The molecule has 0 aromatic heterocycles. The lowest BCUT2D eigenvalue weighted by atomic mass is 10.3. The third-order valence-electron chi connectivity index (χ3n) is 1.15. The molecule has 0 atom stereocenters. The number of unbranched alkanes of at least 4 members (excludes halogenated alkanes) is 1. The highest BCUT2D eigenvalue weighted by Crippen LogP contribution is 1.86. The number of rotatable bonds is 3. The molecule has 0 rings (SSSR count). The van der Waals surface area contributed by atoms with Crippen LogP contribution in [-0.4, -0.2) is 10.8 Å². The van der Waals surface area contributed by atoms with Gasteiger partial charge in [-0.3, -0.25) is 0 Å². The molecule has 0 fully saturated rings. The number of aliphatic hydroxyl groups is 1. The molecule has 0 aliphatic rings. The van der Waals surface area contributed by atoms with Gasteiger partial charge in [0.1, 0.15) is 5.76 Å². The van der Waals surface area contributed by atoms with Gasteiger partial charge < -0.3 is 10.5 Å². The quantitative estimate of drug-likeness (QED) is 0.379. The highest BCUT2D eigenvalue weighted by atomic mass is 16.3. The predicted octanol–water partition coefficient (Wildman–Crippen LogP) is 3.46. The van der Waals surface area contributed by atoms with Gasteiger partial charge in [0.25, 0.3) is 0 Å². The van der Waals surface area contributed by atoms with Gasteiger partial charge in [0.15, 0.2) is 0 Å². The zero-order valence-corrected chi connectivity index (χ0v) is 8.22. The van der Waals surface area contributed by atoms with E-state index in [4.69, 9.17) is 10.5 Å². The molecule has 0 spiro atoms. The van der Waals surface area contributed by atoms with Gasteiger partial charge in [-0.25, -0.2) is 0 Å². The Morgan fingerprint density at radius 2 is 2.08 bits per heavy atom. The van der Waals surface area contributed by atoms with E-state index in [1.807, 2.05) is 6.08 Å². The Kier molecular flexibility index (Phi) is 11.2. The third kappa shape index (κ3) is 11.7. The molecule has 2 nitrogen and oxygen atoms in total. The molecule has 0 heterocycles. The van der Waals surface area contributed by atoms with E-state index >= 15 is 0 Å². The fourth-order valence-electron chi connectivity index (χ4n) is 0.421. The predicted molar refractivity (Wildman–Crippen MR) is 54.9 cm³/mol. The summed E-state index contributed by atoms with van der Waals surface area (Å²) < 4.78 is 0. The second-order valence-electron chi connectivity index (χ2n) is 2.38. The van der Waals surface area contributed by atoms with Gasteiger partial charge >= 0.3 is 0 Å². The zero-order chi connectivity index (χ0) is 9.98. The minimum atomic E-state index is 0.0556. The minimum absolute atomic E-state index is 0.0556. The van der Waals surface area contributed by atoms with Crippen LogP contribution in [0.15, 0.2) is 24.5 Å². The van der Waals surface area contributed by atoms with E-state index < -0.39 is 0 Å². The van der Waals surface area contributed by atoms with Crippen LogP contribution in [0.25, 0.3) is 0 Å². The molecule has 0 aromatic rings. The summed E-state index contributed by atoms with van der Waals surface area (Å²) in [5, 5.41) is 15.4. The number of aliphatic hydroxyl groups excluding tert-OH is 1. The summed E-state index contributed by atoms with van der Waals surface area (Å²) in [5.41, 5.74) is 0.211. The van der Waals surface area contributed by atoms with Crippen LogP contribution in [0, 0.1) is 5.41 Å². The van der Waals surface area contributed by atoms with Gasteiger partial charge in [-0.1, -0.05) is 19.4 Å². The van der Waals surface area contributed by atoms with Crippen molar-refractivity contribution in [2.24, 2.45) is 0 Å². The van der Waals surface area contributed by atoms with Gasteiger partial charge in [-0.05, 0) is 26.3 Å². The van der Waals surface area contributed by atoms with Crippen molar-refractivity contribution in [2.45, 2.75) is 33.6 Å². The molecule has 0 bridgehead atoms. The molecule has 0 radical (unpaired) electrons. The van der Waals surface area contributed by atoms with Crippen LogP contribution in [0.1, 0.15) is 33.6 Å². The number of allylic oxidation sites excluding steroid dienone is 3. The normalized spacial score (nSPS) is 9.75. The second-order valence-corrected chi connectivity index (χ2v) is 2.38. The summed E-state index contributed by atoms with van der Waals surface area (Å²) in [6.45, 7) is 8.92. The highest BCUT2D eigenvalue weighted by Gasteiger charge is 1.87. The van der Waals surface area contributed by atoms with Crippen molar-refractivity contribution in [3.63, 3.8) is 0 Å². The fraction of sp³-hybridized carbons (Fsp3) is 0.500. The molecule has 2 heteroatoms. The zero-order valence-electron chi connectivity index (χ0n) is 8.22. The molecule has 0 saturated carbocycles. The average Bonchev–Trinajstić information content (AvgIpc) is 2.05.